The molecule has 26 heavy (non-hydrogen) atoms. The van der Waals surface area contributed by atoms with Crippen LogP contribution < -0.4 is 16.4 Å². The highest BCUT2D eigenvalue weighted by Gasteiger charge is 2.19. The third kappa shape index (κ3) is 5.97. The Hall–Kier alpha value is -2.73. The zero-order valence-corrected chi connectivity index (χ0v) is 15.2. The molecule has 138 valence electrons. The lowest BCUT2D eigenvalue weighted by Gasteiger charge is -2.20. The summed E-state index contributed by atoms with van der Waals surface area (Å²) >= 11 is 0. The minimum absolute atomic E-state index is 0.0132. The summed E-state index contributed by atoms with van der Waals surface area (Å²) in [4.78, 5) is 28.6. The number of hydrogen-bond acceptors (Lipinski definition) is 4. The summed E-state index contributed by atoms with van der Waals surface area (Å²) in [5.41, 5.74) is 7.65. The van der Waals surface area contributed by atoms with Gasteiger partial charge in [-0.05, 0) is 23.6 Å². The van der Waals surface area contributed by atoms with Crippen molar-refractivity contribution in [3.63, 3.8) is 0 Å². The lowest BCUT2D eigenvalue weighted by Crippen LogP contribution is -2.47. The highest BCUT2D eigenvalue weighted by Crippen LogP contribution is 2.17. The second-order valence-electron chi connectivity index (χ2n) is 6.54. The van der Waals surface area contributed by atoms with Gasteiger partial charge in [-0.15, -0.1) is 0 Å². The third-order valence-electron chi connectivity index (χ3n) is 4.12. The predicted molar refractivity (Wildman–Crippen MR) is 101 cm³/mol. The average Bonchev–Trinajstić information content (AvgIpc) is 2.66. The van der Waals surface area contributed by atoms with Gasteiger partial charge in [-0.25, -0.2) is 0 Å². The van der Waals surface area contributed by atoms with E-state index in [1.807, 2.05) is 62.4 Å². The molecule has 0 fully saturated rings. The Labute approximate surface area is 154 Å². The standard InChI is InChI=1S/C20H26N4O2/c1-14(2)19(21)20(26)23-13-18(25)24-17(15-8-4-3-5-9-15)12-16-10-6-7-11-22-16/h3-11,14,17,19H,12-13,21H2,1-2H3,(H,23,26)(H,24,25). The number of nitrogens with two attached hydrogens (primary N) is 1. The Bertz CT molecular complexity index is 704. The highest BCUT2D eigenvalue weighted by molar-refractivity contribution is 5.87. The lowest BCUT2D eigenvalue weighted by atomic mass is 10.0. The molecule has 0 aliphatic carbocycles. The van der Waals surface area contributed by atoms with Gasteiger partial charge in [0.2, 0.25) is 11.8 Å². The van der Waals surface area contributed by atoms with Crippen LogP contribution in [0, 0.1) is 5.92 Å². The summed E-state index contributed by atoms with van der Waals surface area (Å²) in [7, 11) is 0. The van der Waals surface area contributed by atoms with Crippen LogP contribution in [0.4, 0.5) is 0 Å². The fraction of sp³-hybridized carbons (Fsp3) is 0.350. The molecule has 2 atom stereocenters. The maximum atomic E-state index is 12.3. The Morgan fingerprint density at radius 1 is 1.08 bits per heavy atom. The molecule has 4 N–H and O–H groups in total. The average molecular weight is 354 g/mol. The van der Waals surface area contributed by atoms with Gasteiger partial charge in [-0.2, -0.15) is 0 Å². The minimum Gasteiger partial charge on any atom is -0.347 e. The van der Waals surface area contributed by atoms with E-state index in [9.17, 15) is 9.59 Å². The van der Waals surface area contributed by atoms with Gasteiger partial charge in [-0.1, -0.05) is 50.2 Å². The molecule has 0 saturated carbocycles. The number of nitrogens with zero attached hydrogens (tertiary/aromatic N) is 1. The van der Waals surface area contributed by atoms with Gasteiger partial charge in [-0.3, -0.25) is 14.6 Å². The number of rotatable bonds is 8. The quantitative estimate of drug-likeness (QED) is 0.670. The Kier molecular flexibility index (Phi) is 7.29. The first-order valence-electron chi connectivity index (χ1n) is 8.75. The maximum Gasteiger partial charge on any atom is 0.239 e. The first-order valence-corrected chi connectivity index (χ1v) is 8.75. The molecule has 0 aliphatic rings. The fourth-order valence-corrected chi connectivity index (χ4v) is 2.50. The van der Waals surface area contributed by atoms with Gasteiger partial charge in [0.25, 0.3) is 0 Å². The Balaban J connectivity index is 2.00. The molecule has 0 spiro atoms. The van der Waals surface area contributed by atoms with Crippen LogP contribution in [0.2, 0.25) is 0 Å². The number of aromatic nitrogens is 1. The van der Waals surface area contributed by atoms with E-state index in [4.69, 9.17) is 5.73 Å². The first kappa shape index (κ1) is 19.6. The molecule has 2 amide bonds. The van der Waals surface area contributed by atoms with Gasteiger partial charge in [0.1, 0.15) is 0 Å². The van der Waals surface area contributed by atoms with Crippen molar-refractivity contribution >= 4 is 11.8 Å². The van der Waals surface area contributed by atoms with Crippen LogP contribution in [0.15, 0.2) is 54.7 Å². The lowest BCUT2D eigenvalue weighted by molar-refractivity contribution is -0.127. The number of carbonyl (C=O) groups is 2. The largest absolute Gasteiger partial charge is 0.347 e. The van der Waals surface area contributed by atoms with E-state index in [0.717, 1.165) is 11.3 Å². The first-order chi connectivity index (χ1) is 12.5. The molecular formula is C20H26N4O2. The van der Waals surface area contributed by atoms with Gasteiger partial charge in [0.05, 0.1) is 18.6 Å². The number of benzene rings is 1. The van der Waals surface area contributed by atoms with Gasteiger partial charge >= 0.3 is 0 Å². The summed E-state index contributed by atoms with van der Waals surface area (Å²) in [6.07, 6.45) is 2.29. The normalized spacial score (nSPS) is 13.1. The van der Waals surface area contributed by atoms with Crippen LogP contribution in [0.1, 0.15) is 31.1 Å². The van der Waals surface area contributed by atoms with Crippen molar-refractivity contribution in [3.05, 3.63) is 66.0 Å². The summed E-state index contributed by atoms with van der Waals surface area (Å²) in [5, 5.41) is 5.56. The molecule has 2 aromatic rings. The summed E-state index contributed by atoms with van der Waals surface area (Å²) in [5.74, 6) is -0.575. The summed E-state index contributed by atoms with van der Waals surface area (Å²) in [6.45, 7) is 3.62. The number of pyridine rings is 1. The van der Waals surface area contributed by atoms with Crippen molar-refractivity contribution < 1.29 is 9.59 Å². The fourth-order valence-electron chi connectivity index (χ4n) is 2.50. The molecular weight excluding hydrogens is 328 g/mol. The molecule has 1 heterocycles. The Morgan fingerprint density at radius 3 is 2.38 bits per heavy atom. The van der Waals surface area contributed by atoms with Gasteiger partial charge in [0.15, 0.2) is 0 Å². The topological polar surface area (TPSA) is 97.1 Å². The van der Waals surface area contributed by atoms with E-state index >= 15 is 0 Å². The monoisotopic (exact) mass is 354 g/mol. The molecule has 2 rings (SSSR count). The van der Waals surface area contributed by atoms with Gasteiger partial charge in [0, 0.05) is 18.3 Å². The van der Waals surface area contributed by atoms with Crippen molar-refractivity contribution in [2.45, 2.75) is 32.4 Å². The van der Waals surface area contributed by atoms with E-state index in [2.05, 4.69) is 15.6 Å². The molecule has 0 saturated heterocycles. The SMILES string of the molecule is CC(C)C(N)C(=O)NCC(=O)NC(Cc1ccccn1)c1ccccc1. The molecule has 1 aromatic carbocycles. The van der Waals surface area contributed by atoms with Gasteiger partial charge < -0.3 is 16.4 Å². The van der Waals surface area contributed by atoms with Crippen molar-refractivity contribution in [2.75, 3.05) is 6.54 Å². The van der Waals surface area contributed by atoms with Crippen molar-refractivity contribution in [1.82, 2.24) is 15.6 Å². The van der Waals surface area contributed by atoms with Crippen LogP contribution in [-0.4, -0.2) is 29.4 Å². The molecule has 0 aliphatic heterocycles. The maximum absolute atomic E-state index is 12.3. The van der Waals surface area contributed by atoms with E-state index < -0.39 is 6.04 Å². The van der Waals surface area contributed by atoms with E-state index in [1.165, 1.54) is 0 Å². The second-order valence-corrected chi connectivity index (χ2v) is 6.54. The van der Waals surface area contributed by atoms with Crippen LogP contribution in [0.25, 0.3) is 0 Å². The summed E-state index contributed by atoms with van der Waals surface area (Å²) < 4.78 is 0. The zero-order chi connectivity index (χ0) is 18.9. The van der Waals surface area contributed by atoms with Crippen molar-refractivity contribution in [2.24, 2.45) is 11.7 Å². The molecule has 2 unspecified atom stereocenters. The van der Waals surface area contributed by atoms with Crippen molar-refractivity contribution in [1.29, 1.82) is 0 Å². The number of hydrogen-bond donors (Lipinski definition) is 3. The zero-order valence-electron chi connectivity index (χ0n) is 15.2. The molecule has 6 heteroatoms. The van der Waals surface area contributed by atoms with Crippen LogP contribution in [-0.2, 0) is 16.0 Å². The molecule has 0 radical (unpaired) electrons. The van der Waals surface area contributed by atoms with E-state index in [-0.39, 0.29) is 30.3 Å². The third-order valence-corrected chi connectivity index (χ3v) is 4.12. The van der Waals surface area contributed by atoms with E-state index in [1.54, 1.807) is 6.20 Å². The highest BCUT2D eigenvalue weighted by atomic mass is 16.2. The Morgan fingerprint density at radius 2 is 1.77 bits per heavy atom. The van der Waals surface area contributed by atoms with Crippen LogP contribution in [0.5, 0.6) is 0 Å². The second kappa shape index (κ2) is 9.68. The molecule has 1 aromatic heterocycles. The van der Waals surface area contributed by atoms with E-state index in [0.29, 0.717) is 6.42 Å². The molecule has 6 nitrogen and oxygen atoms in total. The van der Waals surface area contributed by atoms with Crippen LogP contribution in [0.3, 0.4) is 0 Å². The molecule has 0 bridgehead atoms. The number of carbonyl (C=O) groups excluding carboxylic acids is 2. The smallest absolute Gasteiger partial charge is 0.239 e. The minimum atomic E-state index is -0.624. The number of nitrogens with one attached hydrogen (secondary N) is 2. The number of amides is 2. The van der Waals surface area contributed by atoms with Crippen molar-refractivity contribution in [3.8, 4) is 0 Å². The predicted octanol–water partition coefficient (Wildman–Crippen LogP) is 1.58. The van der Waals surface area contributed by atoms with Crippen LogP contribution >= 0.6 is 0 Å². The summed E-state index contributed by atoms with van der Waals surface area (Å²) in [6, 6.07) is 14.5.